The van der Waals surface area contributed by atoms with E-state index in [4.69, 9.17) is 0 Å². The Hall–Kier alpha value is -1.39. The van der Waals surface area contributed by atoms with Crippen molar-refractivity contribution < 1.29 is 18.0 Å². The predicted molar refractivity (Wildman–Crippen MR) is 69.2 cm³/mol. The number of rotatable bonds is 2. The average molecular weight is 285 g/mol. The smallest absolute Gasteiger partial charge is 0.292 e. The number of ketones is 1. The molecule has 1 saturated carbocycles. The van der Waals surface area contributed by atoms with E-state index in [2.05, 4.69) is 18.8 Å². The van der Waals surface area contributed by atoms with Crippen molar-refractivity contribution in [2.75, 3.05) is 0 Å². The summed E-state index contributed by atoms with van der Waals surface area (Å²) in [5.41, 5.74) is -0.677. The van der Waals surface area contributed by atoms with Crippen LogP contribution in [0, 0.1) is 17.8 Å². The van der Waals surface area contributed by atoms with Crippen LogP contribution in [0.5, 0.6) is 0 Å². The molecule has 0 bridgehead atoms. The van der Waals surface area contributed by atoms with E-state index in [1.165, 1.54) is 6.07 Å². The fraction of sp³-hybridized carbons (Fsp3) is 0.600. The van der Waals surface area contributed by atoms with Gasteiger partial charge in [0.15, 0.2) is 5.78 Å². The molecule has 0 saturated heterocycles. The van der Waals surface area contributed by atoms with E-state index in [1.807, 2.05) is 0 Å². The van der Waals surface area contributed by atoms with Crippen LogP contribution in [0.25, 0.3) is 0 Å². The van der Waals surface area contributed by atoms with Crippen molar-refractivity contribution in [1.82, 2.24) is 4.98 Å². The van der Waals surface area contributed by atoms with Crippen LogP contribution in [-0.4, -0.2) is 10.8 Å². The van der Waals surface area contributed by atoms with Crippen molar-refractivity contribution in [2.45, 2.75) is 39.3 Å². The van der Waals surface area contributed by atoms with Gasteiger partial charge in [-0.1, -0.05) is 13.8 Å². The molecule has 1 aromatic heterocycles. The molecular formula is C15H18F3NO. The summed E-state index contributed by atoms with van der Waals surface area (Å²) < 4.78 is 37.4. The first-order valence-electron chi connectivity index (χ1n) is 6.85. The molecule has 0 N–H and O–H groups in total. The molecule has 0 aliphatic heterocycles. The SMILES string of the molecule is CC1CC(C)CC(C(=O)c2ccc(C(F)(F)F)cn2)C1. The molecule has 1 aromatic rings. The highest BCUT2D eigenvalue weighted by atomic mass is 19.4. The second kappa shape index (κ2) is 5.54. The zero-order valence-corrected chi connectivity index (χ0v) is 11.6. The first-order chi connectivity index (χ1) is 9.27. The molecule has 2 rings (SSSR count). The lowest BCUT2D eigenvalue weighted by molar-refractivity contribution is -0.137. The van der Waals surface area contributed by atoms with Crippen LogP contribution in [0.3, 0.4) is 0 Å². The minimum absolute atomic E-state index is 0.113. The summed E-state index contributed by atoms with van der Waals surface area (Å²) in [5, 5.41) is 0. The summed E-state index contributed by atoms with van der Waals surface area (Å²) >= 11 is 0. The number of halogens is 3. The number of pyridine rings is 1. The summed E-state index contributed by atoms with van der Waals surface area (Å²) in [5.74, 6) is 0.708. The van der Waals surface area contributed by atoms with Gasteiger partial charge in [0.05, 0.1) is 5.56 Å². The normalized spacial score (nSPS) is 27.4. The molecule has 5 heteroatoms. The van der Waals surface area contributed by atoms with Gasteiger partial charge in [0.25, 0.3) is 0 Å². The van der Waals surface area contributed by atoms with Crippen LogP contribution in [0.4, 0.5) is 13.2 Å². The van der Waals surface area contributed by atoms with Crippen molar-refractivity contribution in [3.8, 4) is 0 Å². The van der Waals surface area contributed by atoms with Gasteiger partial charge in [-0.2, -0.15) is 13.2 Å². The molecule has 1 aliphatic carbocycles. The Labute approximate surface area is 116 Å². The lowest BCUT2D eigenvalue weighted by atomic mass is 9.74. The lowest BCUT2D eigenvalue weighted by Gasteiger charge is -2.30. The summed E-state index contributed by atoms with van der Waals surface area (Å²) in [4.78, 5) is 16.0. The average Bonchev–Trinajstić information content (AvgIpc) is 2.36. The fourth-order valence-corrected chi connectivity index (χ4v) is 3.08. The zero-order valence-electron chi connectivity index (χ0n) is 11.6. The number of alkyl halides is 3. The molecule has 2 unspecified atom stereocenters. The van der Waals surface area contributed by atoms with Gasteiger partial charge in [-0.05, 0) is 43.2 Å². The topological polar surface area (TPSA) is 30.0 Å². The Balaban J connectivity index is 2.13. The van der Waals surface area contributed by atoms with E-state index in [1.54, 1.807) is 0 Å². The maximum Gasteiger partial charge on any atom is 0.417 e. The second-order valence-electron chi connectivity index (χ2n) is 5.91. The standard InChI is InChI=1S/C15H18F3NO/c1-9-5-10(2)7-11(6-9)14(20)13-4-3-12(8-19-13)15(16,17)18/h3-4,8-11H,5-7H2,1-2H3. The molecule has 1 aliphatic rings. The van der Waals surface area contributed by atoms with Gasteiger partial charge < -0.3 is 0 Å². The van der Waals surface area contributed by atoms with Gasteiger partial charge in [0, 0.05) is 12.1 Å². The molecule has 0 aromatic carbocycles. The Bertz CT molecular complexity index is 471. The third-order valence-electron chi connectivity index (χ3n) is 3.89. The van der Waals surface area contributed by atoms with Crippen molar-refractivity contribution in [3.63, 3.8) is 0 Å². The summed E-state index contributed by atoms with van der Waals surface area (Å²) in [6.45, 7) is 4.21. The number of hydrogen-bond acceptors (Lipinski definition) is 2. The molecule has 1 heterocycles. The highest BCUT2D eigenvalue weighted by Gasteiger charge is 2.33. The van der Waals surface area contributed by atoms with Gasteiger partial charge in [0.2, 0.25) is 0 Å². The molecule has 0 spiro atoms. The van der Waals surface area contributed by atoms with Gasteiger partial charge in [-0.25, -0.2) is 0 Å². The minimum atomic E-state index is -4.41. The summed E-state index contributed by atoms with van der Waals surface area (Å²) in [6, 6.07) is 2.12. The highest BCUT2D eigenvalue weighted by molar-refractivity contribution is 5.96. The molecule has 2 nitrogen and oxygen atoms in total. The van der Waals surface area contributed by atoms with Gasteiger partial charge in [-0.3, -0.25) is 9.78 Å². The van der Waals surface area contributed by atoms with E-state index in [0.29, 0.717) is 11.8 Å². The summed E-state index contributed by atoms with van der Waals surface area (Å²) in [6.07, 6.45) is -0.979. The van der Waals surface area contributed by atoms with Crippen molar-refractivity contribution in [3.05, 3.63) is 29.6 Å². The minimum Gasteiger partial charge on any atom is -0.292 e. The third kappa shape index (κ3) is 3.38. The fourth-order valence-electron chi connectivity index (χ4n) is 3.08. The number of carbonyl (C=O) groups is 1. The van der Waals surface area contributed by atoms with Crippen molar-refractivity contribution in [1.29, 1.82) is 0 Å². The van der Waals surface area contributed by atoms with E-state index >= 15 is 0 Å². The maximum absolute atomic E-state index is 12.5. The first kappa shape index (κ1) is 15.0. The Kier molecular flexibility index (Phi) is 4.16. The molecule has 20 heavy (non-hydrogen) atoms. The van der Waals surface area contributed by atoms with Crippen LogP contribution < -0.4 is 0 Å². The molecular weight excluding hydrogens is 267 g/mol. The van der Waals surface area contributed by atoms with Crippen LogP contribution in [0.2, 0.25) is 0 Å². The van der Waals surface area contributed by atoms with Gasteiger partial charge >= 0.3 is 6.18 Å². The Morgan fingerprint density at radius 3 is 2.20 bits per heavy atom. The molecule has 0 radical (unpaired) electrons. The van der Waals surface area contributed by atoms with E-state index in [0.717, 1.165) is 31.5 Å². The van der Waals surface area contributed by atoms with Crippen molar-refractivity contribution >= 4 is 5.78 Å². The van der Waals surface area contributed by atoms with Crippen molar-refractivity contribution in [2.24, 2.45) is 17.8 Å². The molecule has 110 valence electrons. The summed E-state index contributed by atoms with van der Waals surface area (Å²) in [7, 11) is 0. The third-order valence-corrected chi connectivity index (χ3v) is 3.89. The maximum atomic E-state index is 12.5. The van der Waals surface area contributed by atoms with Gasteiger partial charge in [-0.15, -0.1) is 0 Å². The van der Waals surface area contributed by atoms with E-state index in [-0.39, 0.29) is 17.4 Å². The monoisotopic (exact) mass is 285 g/mol. The van der Waals surface area contributed by atoms with Crippen LogP contribution in [0.15, 0.2) is 18.3 Å². The first-order valence-corrected chi connectivity index (χ1v) is 6.85. The van der Waals surface area contributed by atoms with Crippen LogP contribution in [-0.2, 0) is 6.18 Å². The highest BCUT2D eigenvalue weighted by Crippen LogP contribution is 2.35. The number of hydrogen-bond donors (Lipinski definition) is 0. The Morgan fingerprint density at radius 2 is 1.75 bits per heavy atom. The zero-order chi connectivity index (χ0) is 14.9. The molecule has 0 amide bonds. The number of aromatic nitrogens is 1. The number of nitrogens with zero attached hydrogens (tertiary/aromatic N) is 1. The molecule has 1 fully saturated rings. The number of carbonyl (C=O) groups excluding carboxylic acids is 1. The largest absolute Gasteiger partial charge is 0.417 e. The predicted octanol–water partition coefficient (Wildman–Crippen LogP) is 4.36. The van der Waals surface area contributed by atoms with Gasteiger partial charge in [0.1, 0.15) is 5.69 Å². The lowest BCUT2D eigenvalue weighted by Crippen LogP contribution is -2.26. The molecule has 2 atom stereocenters. The van der Waals surface area contributed by atoms with E-state index in [9.17, 15) is 18.0 Å². The second-order valence-corrected chi connectivity index (χ2v) is 5.91. The Morgan fingerprint density at radius 1 is 1.15 bits per heavy atom. The van der Waals surface area contributed by atoms with Crippen LogP contribution >= 0.6 is 0 Å². The number of Topliss-reactive ketones (excluding diaryl/α,β-unsaturated/α-hetero) is 1. The van der Waals surface area contributed by atoms with Crippen LogP contribution in [0.1, 0.15) is 49.2 Å². The van der Waals surface area contributed by atoms with E-state index < -0.39 is 11.7 Å². The quantitative estimate of drug-likeness (QED) is 0.756.